The van der Waals surface area contributed by atoms with Crippen molar-refractivity contribution in [1.82, 2.24) is 0 Å². The topological polar surface area (TPSA) is 26.3 Å². The number of carbonyl (C=O) groups excluding carboxylic acids is 1. The molecule has 4 heteroatoms. The number of hydrogen-bond acceptors (Lipinski definition) is 2. The van der Waals surface area contributed by atoms with Gasteiger partial charge in [-0.1, -0.05) is 36.4 Å². The molecular weight excluding hydrogens is 335 g/mol. The third-order valence-corrected chi connectivity index (χ3v) is 4.28. The summed E-state index contributed by atoms with van der Waals surface area (Å²) in [4.78, 5) is 12.5. The monoisotopic (exact) mass is 348 g/mol. The lowest BCUT2D eigenvalue weighted by atomic mass is 10.0. The fraction of sp³-hybridized carbons (Fsp3) is 0.235. The first-order valence-electron chi connectivity index (χ1n) is 6.79. The second kappa shape index (κ2) is 5.70. The number of carbonyl (C=O) groups is 1. The van der Waals surface area contributed by atoms with Gasteiger partial charge < -0.3 is 4.74 Å². The molecule has 1 aliphatic rings. The summed E-state index contributed by atoms with van der Waals surface area (Å²) in [5.41, 5.74) is 0.249. The summed E-state index contributed by atoms with van der Waals surface area (Å²) in [7, 11) is 0. The van der Waals surface area contributed by atoms with E-state index in [0.717, 1.165) is 5.56 Å². The van der Waals surface area contributed by atoms with Gasteiger partial charge in [0.05, 0.1) is 16.6 Å². The fourth-order valence-electron chi connectivity index (χ4n) is 2.27. The van der Waals surface area contributed by atoms with Gasteiger partial charge in [0.1, 0.15) is 11.4 Å². The Morgan fingerprint density at radius 3 is 2.52 bits per heavy atom. The number of ketones is 1. The molecule has 0 N–H and O–H groups in total. The predicted molar refractivity (Wildman–Crippen MR) is 81.6 cm³/mol. The van der Waals surface area contributed by atoms with Crippen molar-refractivity contribution >= 4 is 21.7 Å². The van der Waals surface area contributed by atoms with Crippen LogP contribution in [0.5, 0.6) is 0 Å². The molecule has 1 aliphatic carbocycles. The van der Waals surface area contributed by atoms with Gasteiger partial charge in [0, 0.05) is 0 Å². The van der Waals surface area contributed by atoms with Crippen molar-refractivity contribution < 1.29 is 13.9 Å². The van der Waals surface area contributed by atoms with Gasteiger partial charge in [-0.05, 0) is 46.5 Å². The van der Waals surface area contributed by atoms with E-state index in [4.69, 9.17) is 4.74 Å². The predicted octanol–water partition coefficient (Wildman–Crippen LogP) is 4.52. The third-order valence-electron chi connectivity index (χ3n) is 3.67. The van der Waals surface area contributed by atoms with Crippen LogP contribution in [0.15, 0.2) is 53.0 Å². The molecule has 0 atom stereocenters. The summed E-state index contributed by atoms with van der Waals surface area (Å²) in [6, 6.07) is 14.4. The molecule has 0 spiro atoms. The molecular formula is C17H14BrFO2. The molecule has 1 saturated carbocycles. The Hall–Kier alpha value is -1.52. The van der Waals surface area contributed by atoms with Crippen LogP contribution in [0.2, 0.25) is 0 Å². The zero-order valence-corrected chi connectivity index (χ0v) is 12.9. The van der Waals surface area contributed by atoms with Crippen LogP contribution in [0.4, 0.5) is 4.39 Å². The first-order valence-corrected chi connectivity index (χ1v) is 7.58. The molecule has 0 aromatic heterocycles. The first kappa shape index (κ1) is 14.4. The van der Waals surface area contributed by atoms with Gasteiger partial charge in [0.2, 0.25) is 0 Å². The summed E-state index contributed by atoms with van der Waals surface area (Å²) in [5, 5.41) is 0. The summed E-state index contributed by atoms with van der Waals surface area (Å²) >= 11 is 3.11. The van der Waals surface area contributed by atoms with Crippen molar-refractivity contribution in [2.75, 3.05) is 0 Å². The van der Waals surface area contributed by atoms with Crippen LogP contribution in [0.1, 0.15) is 28.8 Å². The lowest BCUT2D eigenvalue weighted by Crippen LogP contribution is -2.27. The molecule has 1 fully saturated rings. The molecule has 2 aromatic carbocycles. The van der Waals surface area contributed by atoms with E-state index in [-0.39, 0.29) is 11.3 Å². The lowest BCUT2D eigenvalue weighted by molar-refractivity contribution is 0.0208. The van der Waals surface area contributed by atoms with Crippen molar-refractivity contribution in [2.24, 2.45) is 0 Å². The molecule has 0 saturated heterocycles. The first-order chi connectivity index (χ1) is 10.1. The Bertz CT molecular complexity index is 666. The molecule has 0 bridgehead atoms. The van der Waals surface area contributed by atoms with Crippen LogP contribution in [0.25, 0.3) is 0 Å². The van der Waals surface area contributed by atoms with Crippen LogP contribution < -0.4 is 0 Å². The average molecular weight is 349 g/mol. The lowest BCUT2D eigenvalue weighted by Gasteiger charge is -2.16. The minimum atomic E-state index is -0.850. The highest BCUT2D eigenvalue weighted by Crippen LogP contribution is 2.43. The molecule has 2 nitrogen and oxygen atoms in total. The largest absolute Gasteiger partial charge is 0.362 e. The maximum Gasteiger partial charge on any atom is 0.197 e. The van der Waals surface area contributed by atoms with Gasteiger partial charge in [0.25, 0.3) is 0 Å². The number of benzene rings is 2. The van der Waals surface area contributed by atoms with Gasteiger partial charge in [-0.3, -0.25) is 4.79 Å². The van der Waals surface area contributed by atoms with E-state index in [0.29, 0.717) is 23.9 Å². The zero-order valence-electron chi connectivity index (χ0n) is 11.3. The molecule has 0 radical (unpaired) electrons. The van der Waals surface area contributed by atoms with Crippen LogP contribution in [0, 0.1) is 5.82 Å². The average Bonchev–Trinajstić information content (AvgIpc) is 3.30. The number of ether oxygens (including phenoxy) is 1. The normalized spacial score (nSPS) is 15.7. The van der Waals surface area contributed by atoms with E-state index in [1.807, 2.05) is 30.3 Å². The maximum absolute atomic E-state index is 14.1. The quantitative estimate of drug-likeness (QED) is 0.742. The van der Waals surface area contributed by atoms with Crippen LogP contribution in [-0.4, -0.2) is 11.4 Å². The standard InChI is InChI=1S/C17H14BrFO2/c18-14-8-4-7-13(15(14)19)16(20)17(9-10-17)21-11-12-5-2-1-3-6-12/h1-8H,9-11H2. The fourth-order valence-corrected chi connectivity index (χ4v) is 2.64. The highest BCUT2D eigenvalue weighted by Gasteiger charge is 2.52. The summed E-state index contributed by atoms with van der Waals surface area (Å²) < 4.78 is 20.2. The van der Waals surface area contributed by atoms with Gasteiger partial charge in [0.15, 0.2) is 5.78 Å². The Balaban J connectivity index is 1.76. The van der Waals surface area contributed by atoms with E-state index >= 15 is 0 Å². The van der Waals surface area contributed by atoms with E-state index < -0.39 is 11.4 Å². The van der Waals surface area contributed by atoms with E-state index in [1.54, 1.807) is 12.1 Å². The Labute approximate surface area is 131 Å². The number of Topliss-reactive ketones (excluding diaryl/α,β-unsaturated/α-hetero) is 1. The molecule has 0 heterocycles. The van der Waals surface area contributed by atoms with Crippen molar-refractivity contribution in [3.8, 4) is 0 Å². The molecule has 2 aromatic rings. The highest BCUT2D eigenvalue weighted by atomic mass is 79.9. The van der Waals surface area contributed by atoms with E-state index in [9.17, 15) is 9.18 Å². The minimum absolute atomic E-state index is 0.0925. The van der Waals surface area contributed by atoms with Gasteiger partial charge in [-0.15, -0.1) is 0 Å². The Morgan fingerprint density at radius 1 is 1.14 bits per heavy atom. The molecule has 0 unspecified atom stereocenters. The number of hydrogen-bond donors (Lipinski definition) is 0. The van der Waals surface area contributed by atoms with Crippen LogP contribution in [0.3, 0.4) is 0 Å². The van der Waals surface area contributed by atoms with Gasteiger partial charge in [-0.2, -0.15) is 0 Å². The van der Waals surface area contributed by atoms with E-state index in [1.165, 1.54) is 6.07 Å². The maximum atomic E-state index is 14.1. The SMILES string of the molecule is O=C(c1cccc(Br)c1F)C1(OCc2ccccc2)CC1. The summed E-state index contributed by atoms with van der Waals surface area (Å²) in [5.74, 6) is -0.783. The van der Waals surface area contributed by atoms with Crippen molar-refractivity contribution in [3.63, 3.8) is 0 Å². The van der Waals surface area contributed by atoms with Gasteiger partial charge in [-0.25, -0.2) is 4.39 Å². The molecule has 3 rings (SSSR count). The molecule has 21 heavy (non-hydrogen) atoms. The molecule has 0 aliphatic heterocycles. The van der Waals surface area contributed by atoms with Crippen LogP contribution >= 0.6 is 15.9 Å². The second-order valence-electron chi connectivity index (χ2n) is 5.20. The smallest absolute Gasteiger partial charge is 0.197 e. The molecule has 108 valence electrons. The van der Waals surface area contributed by atoms with Crippen molar-refractivity contribution in [2.45, 2.75) is 25.0 Å². The van der Waals surface area contributed by atoms with Crippen molar-refractivity contribution in [1.29, 1.82) is 0 Å². The van der Waals surface area contributed by atoms with Crippen LogP contribution in [-0.2, 0) is 11.3 Å². The minimum Gasteiger partial charge on any atom is -0.362 e. The summed E-state index contributed by atoms with van der Waals surface area (Å²) in [6.45, 7) is 0.363. The van der Waals surface area contributed by atoms with Crippen molar-refractivity contribution in [3.05, 3.63) is 69.9 Å². The zero-order chi connectivity index (χ0) is 14.9. The second-order valence-corrected chi connectivity index (χ2v) is 6.05. The molecule has 0 amide bonds. The summed E-state index contributed by atoms with van der Waals surface area (Å²) in [6.07, 6.45) is 1.29. The Kier molecular flexibility index (Phi) is 3.91. The Morgan fingerprint density at radius 2 is 1.86 bits per heavy atom. The number of rotatable bonds is 5. The highest BCUT2D eigenvalue weighted by molar-refractivity contribution is 9.10. The number of halogens is 2. The van der Waals surface area contributed by atoms with E-state index in [2.05, 4.69) is 15.9 Å². The van der Waals surface area contributed by atoms with Gasteiger partial charge >= 0.3 is 0 Å². The third kappa shape index (κ3) is 2.92.